The lowest BCUT2D eigenvalue weighted by Gasteiger charge is -2.10. The number of hydrogen-bond acceptors (Lipinski definition) is 2. The zero-order valence-corrected chi connectivity index (χ0v) is 10.5. The molecule has 0 aromatic heterocycles. The highest BCUT2D eigenvalue weighted by molar-refractivity contribution is 5.88. The summed E-state index contributed by atoms with van der Waals surface area (Å²) >= 11 is 0. The Labute approximate surface area is 106 Å². The Morgan fingerprint density at radius 3 is 2.44 bits per heavy atom. The Morgan fingerprint density at radius 1 is 1.44 bits per heavy atom. The number of amides is 1. The first kappa shape index (κ1) is 12.6. The Morgan fingerprint density at radius 2 is 2.00 bits per heavy atom. The van der Waals surface area contributed by atoms with Crippen LogP contribution in [0, 0.1) is 36.4 Å². The Balaban J connectivity index is 2.03. The standard InChI is InChI=1S/C14H15FN2O/c1-9-5-11(6-10(2)12(9)15)7-17-13(18)14(8-16)3-4-14/h5-6H,3-4,7H2,1-2H3,(H,17,18). The highest BCUT2D eigenvalue weighted by Gasteiger charge is 2.50. The van der Waals surface area contributed by atoms with Crippen LogP contribution in [0.4, 0.5) is 4.39 Å². The predicted octanol–water partition coefficient (Wildman–Crippen LogP) is 2.36. The third-order valence-electron chi connectivity index (χ3n) is 3.35. The summed E-state index contributed by atoms with van der Waals surface area (Å²) < 4.78 is 13.4. The number of nitriles is 1. The molecule has 4 heteroatoms. The van der Waals surface area contributed by atoms with Gasteiger partial charge in [0.05, 0.1) is 6.07 Å². The third kappa shape index (κ3) is 2.21. The van der Waals surface area contributed by atoms with Crippen LogP contribution >= 0.6 is 0 Å². The molecule has 1 aliphatic carbocycles. The Kier molecular flexibility index (Phi) is 3.08. The van der Waals surface area contributed by atoms with E-state index in [0.717, 1.165) is 5.56 Å². The maximum atomic E-state index is 13.4. The van der Waals surface area contributed by atoms with Gasteiger partial charge >= 0.3 is 0 Å². The molecular formula is C14H15FN2O. The van der Waals surface area contributed by atoms with Gasteiger partial charge in [-0.15, -0.1) is 0 Å². The number of nitrogens with zero attached hydrogens (tertiary/aromatic N) is 1. The van der Waals surface area contributed by atoms with Crippen LogP contribution in [0.2, 0.25) is 0 Å². The molecule has 0 heterocycles. The van der Waals surface area contributed by atoms with Gasteiger partial charge in [0, 0.05) is 6.54 Å². The molecule has 3 nitrogen and oxygen atoms in total. The summed E-state index contributed by atoms with van der Waals surface area (Å²) in [6.07, 6.45) is 1.27. The van der Waals surface area contributed by atoms with Crippen molar-refractivity contribution in [3.8, 4) is 6.07 Å². The SMILES string of the molecule is Cc1cc(CNC(=O)C2(C#N)CC2)cc(C)c1F. The van der Waals surface area contributed by atoms with E-state index < -0.39 is 5.41 Å². The molecule has 1 amide bonds. The molecule has 0 aliphatic heterocycles. The Bertz CT molecular complexity index is 518. The molecule has 0 radical (unpaired) electrons. The molecule has 1 fully saturated rings. The number of benzene rings is 1. The van der Waals surface area contributed by atoms with Gasteiger partial charge in [0.1, 0.15) is 11.2 Å². The minimum absolute atomic E-state index is 0.208. The van der Waals surface area contributed by atoms with Crippen LogP contribution in [0.1, 0.15) is 29.5 Å². The van der Waals surface area contributed by atoms with Crippen molar-refractivity contribution >= 4 is 5.91 Å². The zero-order chi connectivity index (χ0) is 13.3. The van der Waals surface area contributed by atoms with Crippen molar-refractivity contribution in [3.05, 3.63) is 34.6 Å². The first-order valence-electron chi connectivity index (χ1n) is 5.94. The van der Waals surface area contributed by atoms with E-state index in [1.54, 1.807) is 26.0 Å². The summed E-state index contributed by atoms with van der Waals surface area (Å²) in [6.45, 7) is 3.74. The lowest BCUT2D eigenvalue weighted by Crippen LogP contribution is -2.30. The highest BCUT2D eigenvalue weighted by atomic mass is 19.1. The van der Waals surface area contributed by atoms with Crippen molar-refractivity contribution in [1.29, 1.82) is 5.26 Å². The molecule has 1 N–H and O–H groups in total. The van der Waals surface area contributed by atoms with Crippen molar-refractivity contribution in [1.82, 2.24) is 5.32 Å². The molecule has 0 unspecified atom stereocenters. The minimum atomic E-state index is -0.801. The van der Waals surface area contributed by atoms with Gasteiger partial charge in [0.15, 0.2) is 0 Å². The van der Waals surface area contributed by atoms with E-state index in [2.05, 4.69) is 5.32 Å². The monoisotopic (exact) mass is 246 g/mol. The smallest absolute Gasteiger partial charge is 0.240 e. The first-order chi connectivity index (χ1) is 8.48. The molecule has 94 valence electrons. The second-order valence-electron chi connectivity index (χ2n) is 4.92. The lowest BCUT2D eigenvalue weighted by atomic mass is 10.1. The van der Waals surface area contributed by atoms with Crippen LogP contribution in [-0.2, 0) is 11.3 Å². The number of carbonyl (C=O) groups excluding carboxylic acids is 1. The molecular weight excluding hydrogens is 231 g/mol. The normalized spacial score (nSPS) is 15.9. The van der Waals surface area contributed by atoms with Gasteiger partial charge in [0.2, 0.25) is 5.91 Å². The first-order valence-corrected chi connectivity index (χ1v) is 5.94. The maximum absolute atomic E-state index is 13.4. The number of hydrogen-bond donors (Lipinski definition) is 1. The maximum Gasteiger partial charge on any atom is 0.240 e. The average molecular weight is 246 g/mol. The van der Waals surface area contributed by atoms with E-state index in [-0.39, 0.29) is 11.7 Å². The van der Waals surface area contributed by atoms with E-state index >= 15 is 0 Å². The number of rotatable bonds is 3. The van der Waals surface area contributed by atoms with Gasteiger partial charge in [-0.25, -0.2) is 4.39 Å². The molecule has 0 spiro atoms. The molecule has 0 atom stereocenters. The number of carbonyl (C=O) groups is 1. The van der Waals surface area contributed by atoms with Crippen LogP contribution < -0.4 is 5.32 Å². The number of nitrogens with one attached hydrogen (secondary N) is 1. The summed E-state index contributed by atoms with van der Waals surface area (Å²) in [5.41, 5.74) is 1.19. The molecule has 1 aromatic rings. The fraction of sp³-hybridized carbons (Fsp3) is 0.429. The fourth-order valence-corrected chi connectivity index (χ4v) is 2.00. The molecule has 1 aliphatic rings. The average Bonchev–Trinajstić information content (AvgIpc) is 3.13. The molecule has 0 bridgehead atoms. The molecule has 18 heavy (non-hydrogen) atoms. The second-order valence-corrected chi connectivity index (χ2v) is 4.92. The van der Waals surface area contributed by atoms with Gasteiger partial charge < -0.3 is 5.32 Å². The molecule has 2 rings (SSSR count). The molecule has 1 saturated carbocycles. The van der Waals surface area contributed by atoms with Crippen molar-refractivity contribution in [3.63, 3.8) is 0 Å². The fourth-order valence-electron chi connectivity index (χ4n) is 2.00. The lowest BCUT2D eigenvalue weighted by molar-refractivity contribution is -0.124. The quantitative estimate of drug-likeness (QED) is 0.890. The molecule has 0 saturated heterocycles. The summed E-state index contributed by atoms with van der Waals surface area (Å²) in [7, 11) is 0. The highest BCUT2D eigenvalue weighted by Crippen LogP contribution is 2.45. The summed E-state index contributed by atoms with van der Waals surface area (Å²) in [5.74, 6) is -0.426. The van der Waals surface area contributed by atoms with Crippen LogP contribution in [0.25, 0.3) is 0 Å². The van der Waals surface area contributed by atoms with E-state index in [4.69, 9.17) is 5.26 Å². The van der Waals surface area contributed by atoms with Crippen LogP contribution in [0.5, 0.6) is 0 Å². The van der Waals surface area contributed by atoms with Gasteiger partial charge in [0.25, 0.3) is 0 Å². The Hall–Kier alpha value is -1.89. The summed E-state index contributed by atoms with van der Waals surface area (Å²) in [4.78, 5) is 11.8. The predicted molar refractivity (Wildman–Crippen MR) is 65.0 cm³/mol. The van der Waals surface area contributed by atoms with Crippen LogP contribution in [0.3, 0.4) is 0 Å². The van der Waals surface area contributed by atoms with Gasteiger partial charge in [-0.05, 0) is 43.4 Å². The van der Waals surface area contributed by atoms with E-state index in [1.165, 1.54) is 0 Å². The van der Waals surface area contributed by atoms with Crippen molar-refractivity contribution in [2.24, 2.45) is 5.41 Å². The zero-order valence-electron chi connectivity index (χ0n) is 10.5. The summed E-state index contributed by atoms with van der Waals surface area (Å²) in [5, 5.41) is 11.6. The van der Waals surface area contributed by atoms with Gasteiger partial charge in [-0.3, -0.25) is 4.79 Å². The minimum Gasteiger partial charge on any atom is -0.351 e. The van der Waals surface area contributed by atoms with Gasteiger partial charge in [-0.2, -0.15) is 5.26 Å². The number of halogens is 1. The van der Waals surface area contributed by atoms with E-state index in [0.29, 0.717) is 30.5 Å². The van der Waals surface area contributed by atoms with Crippen molar-refractivity contribution < 1.29 is 9.18 Å². The van der Waals surface area contributed by atoms with Crippen LogP contribution in [-0.4, -0.2) is 5.91 Å². The largest absolute Gasteiger partial charge is 0.351 e. The number of aryl methyl sites for hydroxylation is 2. The molecule has 1 aromatic carbocycles. The third-order valence-corrected chi connectivity index (χ3v) is 3.35. The topological polar surface area (TPSA) is 52.9 Å². The van der Waals surface area contributed by atoms with Crippen molar-refractivity contribution in [2.75, 3.05) is 0 Å². The van der Waals surface area contributed by atoms with E-state index in [9.17, 15) is 9.18 Å². The van der Waals surface area contributed by atoms with Gasteiger partial charge in [-0.1, -0.05) is 12.1 Å². The van der Waals surface area contributed by atoms with Crippen LogP contribution in [0.15, 0.2) is 12.1 Å². The van der Waals surface area contributed by atoms with E-state index in [1.807, 2.05) is 6.07 Å². The summed E-state index contributed by atoms with van der Waals surface area (Å²) in [6, 6.07) is 5.48. The van der Waals surface area contributed by atoms with Crippen molar-refractivity contribution in [2.45, 2.75) is 33.2 Å². The second kappa shape index (κ2) is 4.41.